The largest absolute Gasteiger partial charge is 0.472 e. The van der Waals surface area contributed by atoms with Crippen LogP contribution in [0.5, 0.6) is 0 Å². The standard InChI is InChI=1S/C51H84NO8P/c1-6-8-10-12-14-16-17-18-19-20-21-22-23-24-25-26-27-28-29-30-31-32-33-34-35-36-38-40-42-44-51(54)60-49(48-59-61(55,56)58-46-45-52(3,4)5)47-57-50(53)43-41-39-37-15-13-11-9-7-2/h8,10,14,16,18-19,21-22,24-25,27-28,30-31,33-34,36,38,49H,6-7,9,11-13,15,17,20,23,26,29,32,35,37,39-48H2,1-5H3/p+1/b10-8-,16-14-,19-18-,22-21-,25-24-,28-27-,31-30-,34-33-,38-36-. The van der Waals surface area contributed by atoms with Crippen LogP contribution in [0.4, 0.5) is 0 Å². The zero-order valence-electron chi connectivity index (χ0n) is 38.8. The Morgan fingerprint density at radius 3 is 1.38 bits per heavy atom. The van der Waals surface area contributed by atoms with E-state index in [9.17, 15) is 19.0 Å². The quantitative estimate of drug-likeness (QED) is 0.0213. The van der Waals surface area contributed by atoms with Gasteiger partial charge in [0.05, 0.1) is 27.7 Å². The third-order valence-corrected chi connectivity index (χ3v) is 10.1. The molecule has 2 unspecified atom stereocenters. The van der Waals surface area contributed by atoms with Crippen LogP contribution in [0.2, 0.25) is 0 Å². The van der Waals surface area contributed by atoms with Crippen molar-refractivity contribution in [3.8, 4) is 0 Å². The molecule has 0 aromatic rings. The van der Waals surface area contributed by atoms with E-state index in [1.807, 2.05) is 27.2 Å². The summed E-state index contributed by atoms with van der Waals surface area (Å²) in [6.45, 7) is 4.17. The molecule has 0 aromatic carbocycles. The van der Waals surface area contributed by atoms with Gasteiger partial charge < -0.3 is 18.9 Å². The molecule has 0 radical (unpaired) electrons. The summed E-state index contributed by atoms with van der Waals surface area (Å²) in [4.78, 5) is 35.2. The lowest BCUT2D eigenvalue weighted by Gasteiger charge is -2.24. The van der Waals surface area contributed by atoms with Gasteiger partial charge in [0.1, 0.15) is 19.8 Å². The Kier molecular flexibility index (Phi) is 39.7. The fourth-order valence-corrected chi connectivity index (χ4v) is 6.23. The Balaban J connectivity index is 4.34. The molecular weight excluding hydrogens is 786 g/mol. The summed E-state index contributed by atoms with van der Waals surface area (Å²) in [6.07, 6.45) is 57.4. The highest BCUT2D eigenvalue weighted by Crippen LogP contribution is 2.43. The number of nitrogens with zero attached hydrogens (tertiary/aromatic N) is 1. The van der Waals surface area contributed by atoms with Crippen molar-refractivity contribution in [3.05, 3.63) is 109 Å². The lowest BCUT2D eigenvalue weighted by atomic mass is 10.1. The van der Waals surface area contributed by atoms with E-state index in [1.165, 1.54) is 32.1 Å². The maximum Gasteiger partial charge on any atom is 0.472 e. The zero-order valence-corrected chi connectivity index (χ0v) is 39.7. The van der Waals surface area contributed by atoms with Gasteiger partial charge in [0, 0.05) is 12.8 Å². The third kappa shape index (κ3) is 46.0. The molecule has 0 fully saturated rings. The molecule has 0 heterocycles. The van der Waals surface area contributed by atoms with Crippen molar-refractivity contribution in [2.75, 3.05) is 47.5 Å². The van der Waals surface area contributed by atoms with E-state index in [2.05, 4.69) is 117 Å². The van der Waals surface area contributed by atoms with Gasteiger partial charge in [-0.2, -0.15) is 0 Å². The first-order chi connectivity index (χ1) is 29.5. The number of hydrogen-bond acceptors (Lipinski definition) is 7. The lowest BCUT2D eigenvalue weighted by molar-refractivity contribution is -0.870. The predicted molar refractivity (Wildman–Crippen MR) is 256 cm³/mol. The monoisotopic (exact) mass is 871 g/mol. The van der Waals surface area contributed by atoms with Crippen LogP contribution in [0.3, 0.4) is 0 Å². The molecule has 0 rings (SSSR count). The minimum atomic E-state index is -4.39. The molecule has 0 aliphatic rings. The van der Waals surface area contributed by atoms with E-state index < -0.39 is 32.5 Å². The van der Waals surface area contributed by atoms with Crippen LogP contribution >= 0.6 is 7.82 Å². The number of allylic oxidation sites excluding steroid dienone is 18. The number of quaternary nitrogens is 1. The molecular formula is C51H85NO8P+. The number of carbonyl (C=O) groups is 2. The van der Waals surface area contributed by atoms with Gasteiger partial charge in [-0.3, -0.25) is 18.6 Å². The smallest absolute Gasteiger partial charge is 0.462 e. The minimum absolute atomic E-state index is 0.0153. The van der Waals surface area contributed by atoms with Crippen molar-refractivity contribution in [3.63, 3.8) is 0 Å². The number of hydrogen-bond donors (Lipinski definition) is 1. The summed E-state index contributed by atoms with van der Waals surface area (Å²) < 4.78 is 34.1. The first kappa shape index (κ1) is 57.7. The predicted octanol–water partition coefficient (Wildman–Crippen LogP) is 13.5. The van der Waals surface area contributed by atoms with Crippen LogP contribution in [0.25, 0.3) is 0 Å². The van der Waals surface area contributed by atoms with Crippen molar-refractivity contribution >= 4 is 19.8 Å². The summed E-state index contributed by atoms with van der Waals surface area (Å²) in [5.41, 5.74) is 0. The number of carbonyl (C=O) groups excluding carboxylic acids is 2. The number of esters is 2. The van der Waals surface area contributed by atoms with Crippen LogP contribution in [-0.2, 0) is 32.7 Å². The normalized spacial score (nSPS) is 14.5. The second kappa shape index (κ2) is 42.0. The van der Waals surface area contributed by atoms with E-state index in [0.717, 1.165) is 77.0 Å². The summed E-state index contributed by atoms with van der Waals surface area (Å²) in [5.74, 6) is -0.884. The molecule has 1 N–H and O–H groups in total. The van der Waals surface area contributed by atoms with E-state index >= 15 is 0 Å². The number of rotatable bonds is 40. The van der Waals surface area contributed by atoms with Gasteiger partial charge in [0.15, 0.2) is 6.10 Å². The van der Waals surface area contributed by atoms with Crippen molar-refractivity contribution < 1.29 is 42.1 Å². The molecule has 0 amide bonds. The molecule has 0 bridgehead atoms. The van der Waals surface area contributed by atoms with Crippen LogP contribution < -0.4 is 0 Å². The van der Waals surface area contributed by atoms with Gasteiger partial charge in [-0.15, -0.1) is 0 Å². The van der Waals surface area contributed by atoms with E-state index in [0.29, 0.717) is 23.9 Å². The number of phosphoric acid groups is 1. The van der Waals surface area contributed by atoms with Gasteiger partial charge in [-0.1, -0.05) is 168 Å². The van der Waals surface area contributed by atoms with Crippen LogP contribution in [0.1, 0.15) is 149 Å². The van der Waals surface area contributed by atoms with E-state index in [1.54, 1.807) is 0 Å². The van der Waals surface area contributed by atoms with Crippen molar-refractivity contribution in [1.29, 1.82) is 0 Å². The Labute approximate surface area is 372 Å². The molecule has 61 heavy (non-hydrogen) atoms. The van der Waals surface area contributed by atoms with Crippen LogP contribution in [-0.4, -0.2) is 74.9 Å². The molecule has 0 saturated heterocycles. The number of ether oxygens (including phenoxy) is 2. The Morgan fingerprint density at radius 2 is 0.934 bits per heavy atom. The second-order valence-corrected chi connectivity index (χ2v) is 17.5. The van der Waals surface area contributed by atoms with E-state index in [-0.39, 0.29) is 26.1 Å². The van der Waals surface area contributed by atoms with Crippen molar-refractivity contribution in [1.82, 2.24) is 0 Å². The Bertz CT molecular complexity index is 1400. The molecule has 0 aromatic heterocycles. The fraction of sp³-hybridized carbons (Fsp3) is 0.608. The summed E-state index contributed by atoms with van der Waals surface area (Å²) in [7, 11) is 1.42. The maximum atomic E-state index is 12.7. The first-order valence-corrected chi connectivity index (χ1v) is 24.6. The molecule has 0 saturated carbocycles. The summed E-state index contributed by atoms with van der Waals surface area (Å²) in [6, 6.07) is 0. The van der Waals surface area contributed by atoms with Gasteiger partial charge in [-0.05, 0) is 77.0 Å². The fourth-order valence-electron chi connectivity index (χ4n) is 5.48. The molecule has 9 nitrogen and oxygen atoms in total. The maximum absolute atomic E-state index is 12.7. The topological polar surface area (TPSA) is 108 Å². The Hall–Kier alpha value is -3.33. The molecule has 10 heteroatoms. The molecule has 0 spiro atoms. The molecule has 0 aliphatic carbocycles. The average molecular weight is 871 g/mol. The SMILES string of the molecule is CC/C=C\C/C=C\C/C=C\C/C=C\C/C=C\C/C=C\C/C=C\C/C=C\C/C=C\CCCC(=O)OC(COC(=O)CCCCCCCCCC)COP(=O)(O)OCC[N+](C)(C)C. The second-order valence-electron chi connectivity index (χ2n) is 16.1. The third-order valence-electron chi connectivity index (χ3n) is 9.07. The molecule has 2 atom stereocenters. The Morgan fingerprint density at radius 1 is 0.525 bits per heavy atom. The summed E-state index contributed by atoms with van der Waals surface area (Å²) >= 11 is 0. The highest BCUT2D eigenvalue weighted by Gasteiger charge is 2.27. The molecule has 346 valence electrons. The first-order valence-electron chi connectivity index (χ1n) is 23.1. The highest BCUT2D eigenvalue weighted by molar-refractivity contribution is 7.47. The lowest BCUT2D eigenvalue weighted by Crippen LogP contribution is -2.37. The number of phosphoric ester groups is 1. The van der Waals surface area contributed by atoms with Crippen LogP contribution in [0.15, 0.2) is 109 Å². The van der Waals surface area contributed by atoms with E-state index in [4.69, 9.17) is 18.5 Å². The highest BCUT2D eigenvalue weighted by atomic mass is 31.2. The van der Waals surface area contributed by atoms with Crippen molar-refractivity contribution in [2.24, 2.45) is 0 Å². The van der Waals surface area contributed by atoms with Gasteiger partial charge in [0.2, 0.25) is 0 Å². The average Bonchev–Trinajstić information content (AvgIpc) is 3.21. The van der Waals surface area contributed by atoms with Gasteiger partial charge >= 0.3 is 19.8 Å². The number of unbranched alkanes of at least 4 members (excludes halogenated alkanes) is 8. The van der Waals surface area contributed by atoms with Crippen molar-refractivity contribution in [2.45, 2.75) is 155 Å². The minimum Gasteiger partial charge on any atom is -0.462 e. The van der Waals surface area contributed by atoms with Crippen LogP contribution in [0, 0.1) is 0 Å². The molecule has 0 aliphatic heterocycles. The zero-order chi connectivity index (χ0) is 45.0. The summed E-state index contributed by atoms with van der Waals surface area (Å²) in [5, 5.41) is 0. The van der Waals surface area contributed by atoms with Gasteiger partial charge in [-0.25, -0.2) is 4.57 Å². The van der Waals surface area contributed by atoms with Gasteiger partial charge in [0.25, 0.3) is 0 Å². The number of likely N-dealkylation sites (N-methyl/N-ethyl adjacent to an activating group) is 1.